The minimum atomic E-state index is -0.290. The van der Waals surface area contributed by atoms with Crippen molar-refractivity contribution in [3.05, 3.63) is 23.2 Å². The maximum Gasteiger partial charge on any atom is 0.106 e. The van der Waals surface area contributed by atoms with Gasteiger partial charge >= 0.3 is 0 Å². The van der Waals surface area contributed by atoms with E-state index in [1.54, 1.807) is 0 Å². The van der Waals surface area contributed by atoms with Crippen LogP contribution in [-0.4, -0.2) is 0 Å². The van der Waals surface area contributed by atoms with Crippen LogP contribution in [0, 0.1) is 13.8 Å². The Hall–Kier alpha value is -0.760. The second-order valence-electron chi connectivity index (χ2n) is 3.55. The molecule has 0 unspecified atom stereocenters. The number of rotatable bonds is 1. The molecule has 1 rings (SSSR count). The summed E-state index contributed by atoms with van der Waals surface area (Å²) in [5.74, 6) is 1.85. The van der Waals surface area contributed by atoms with Crippen molar-refractivity contribution < 1.29 is 4.42 Å². The van der Waals surface area contributed by atoms with Crippen LogP contribution in [0.25, 0.3) is 0 Å². The summed E-state index contributed by atoms with van der Waals surface area (Å²) in [4.78, 5) is 0. The fourth-order valence-electron chi connectivity index (χ4n) is 1.27. The molecule has 2 heteroatoms. The van der Waals surface area contributed by atoms with E-state index in [2.05, 4.69) is 0 Å². The number of hydrogen-bond donors (Lipinski definition) is 1. The number of furan rings is 1. The zero-order valence-electron chi connectivity index (χ0n) is 7.56. The van der Waals surface area contributed by atoms with Crippen molar-refractivity contribution in [2.75, 3.05) is 0 Å². The molecule has 0 spiro atoms. The topological polar surface area (TPSA) is 39.2 Å². The van der Waals surface area contributed by atoms with E-state index in [1.807, 2.05) is 33.8 Å². The van der Waals surface area contributed by atoms with Crippen LogP contribution in [0.3, 0.4) is 0 Å². The van der Waals surface area contributed by atoms with Gasteiger partial charge < -0.3 is 10.2 Å². The molecule has 0 aromatic carbocycles. The minimum absolute atomic E-state index is 0.290. The fourth-order valence-corrected chi connectivity index (χ4v) is 1.27. The van der Waals surface area contributed by atoms with Gasteiger partial charge in [-0.1, -0.05) is 0 Å². The third kappa shape index (κ3) is 1.63. The van der Waals surface area contributed by atoms with Crippen LogP contribution >= 0.6 is 0 Å². The summed E-state index contributed by atoms with van der Waals surface area (Å²) in [6.07, 6.45) is 0. The van der Waals surface area contributed by atoms with E-state index < -0.39 is 0 Å². The van der Waals surface area contributed by atoms with Gasteiger partial charge in [0.1, 0.15) is 11.5 Å². The molecule has 2 N–H and O–H groups in total. The monoisotopic (exact) mass is 153 g/mol. The molecule has 1 aromatic heterocycles. The lowest BCUT2D eigenvalue weighted by Crippen LogP contribution is -2.28. The molecule has 2 nitrogen and oxygen atoms in total. The van der Waals surface area contributed by atoms with E-state index in [9.17, 15) is 0 Å². The first-order chi connectivity index (χ1) is 4.91. The largest absolute Gasteiger partial charge is 0.466 e. The molecule has 0 fully saturated rings. The molecule has 0 aliphatic rings. The zero-order valence-corrected chi connectivity index (χ0v) is 7.56. The van der Waals surface area contributed by atoms with Crippen LogP contribution in [0.4, 0.5) is 0 Å². The van der Waals surface area contributed by atoms with E-state index in [0.717, 1.165) is 17.1 Å². The van der Waals surface area contributed by atoms with Crippen molar-refractivity contribution in [1.82, 2.24) is 0 Å². The van der Waals surface area contributed by atoms with E-state index in [1.165, 1.54) is 0 Å². The predicted molar refractivity (Wildman–Crippen MR) is 45.4 cm³/mol. The number of hydrogen-bond acceptors (Lipinski definition) is 2. The van der Waals surface area contributed by atoms with Crippen LogP contribution in [0.2, 0.25) is 0 Å². The van der Waals surface area contributed by atoms with Crippen LogP contribution in [0.1, 0.15) is 30.9 Å². The first-order valence-corrected chi connectivity index (χ1v) is 3.77. The molecule has 0 radical (unpaired) electrons. The quantitative estimate of drug-likeness (QED) is 0.671. The predicted octanol–water partition coefficient (Wildman–Crippen LogP) is 2.09. The third-order valence-electron chi connectivity index (χ3n) is 1.74. The molecule has 62 valence electrons. The summed E-state index contributed by atoms with van der Waals surface area (Å²) in [5.41, 5.74) is 6.71. The molecular formula is C9H15NO. The first kappa shape index (κ1) is 8.34. The van der Waals surface area contributed by atoms with Gasteiger partial charge in [0.2, 0.25) is 0 Å². The minimum Gasteiger partial charge on any atom is -0.466 e. The number of nitrogens with two attached hydrogens (primary N) is 1. The van der Waals surface area contributed by atoms with Crippen molar-refractivity contribution in [2.24, 2.45) is 5.73 Å². The molecule has 0 atom stereocenters. The van der Waals surface area contributed by atoms with Crippen molar-refractivity contribution >= 4 is 0 Å². The van der Waals surface area contributed by atoms with Gasteiger partial charge in [-0.3, -0.25) is 0 Å². The Bertz CT molecular complexity index is 255. The van der Waals surface area contributed by atoms with E-state index in [0.29, 0.717) is 0 Å². The smallest absolute Gasteiger partial charge is 0.106 e. The lowest BCUT2D eigenvalue weighted by molar-refractivity contribution is 0.480. The lowest BCUT2D eigenvalue weighted by atomic mass is 9.96. The highest BCUT2D eigenvalue weighted by atomic mass is 16.3. The van der Waals surface area contributed by atoms with Crippen LogP contribution < -0.4 is 5.73 Å². The van der Waals surface area contributed by atoms with Crippen molar-refractivity contribution in [2.45, 2.75) is 33.2 Å². The fraction of sp³-hybridized carbons (Fsp3) is 0.556. The van der Waals surface area contributed by atoms with E-state index in [4.69, 9.17) is 10.2 Å². The SMILES string of the molecule is Cc1cc(C(C)(C)N)c(C)o1. The van der Waals surface area contributed by atoms with Gasteiger partial charge in [0.25, 0.3) is 0 Å². The Morgan fingerprint density at radius 3 is 2.09 bits per heavy atom. The van der Waals surface area contributed by atoms with Crippen molar-refractivity contribution in [3.8, 4) is 0 Å². The summed E-state index contributed by atoms with van der Waals surface area (Å²) >= 11 is 0. The summed E-state index contributed by atoms with van der Waals surface area (Å²) in [5, 5.41) is 0. The highest BCUT2D eigenvalue weighted by Gasteiger charge is 2.19. The average Bonchev–Trinajstić information content (AvgIpc) is 2.08. The average molecular weight is 153 g/mol. The van der Waals surface area contributed by atoms with Gasteiger partial charge in [0.05, 0.1) is 0 Å². The molecule has 1 aromatic rings. The van der Waals surface area contributed by atoms with Crippen molar-refractivity contribution in [3.63, 3.8) is 0 Å². The molecule has 11 heavy (non-hydrogen) atoms. The zero-order chi connectivity index (χ0) is 8.65. The van der Waals surface area contributed by atoms with Gasteiger partial charge in [-0.05, 0) is 33.8 Å². The van der Waals surface area contributed by atoms with Crippen LogP contribution in [0.5, 0.6) is 0 Å². The maximum absolute atomic E-state index is 5.91. The summed E-state index contributed by atoms with van der Waals surface area (Å²) in [7, 11) is 0. The van der Waals surface area contributed by atoms with Crippen molar-refractivity contribution in [1.29, 1.82) is 0 Å². The molecule has 0 saturated heterocycles. The van der Waals surface area contributed by atoms with Crippen LogP contribution in [0.15, 0.2) is 10.5 Å². The maximum atomic E-state index is 5.91. The number of aryl methyl sites for hydroxylation is 2. The molecular weight excluding hydrogens is 138 g/mol. The summed E-state index contributed by atoms with van der Waals surface area (Å²) < 4.78 is 5.36. The Morgan fingerprint density at radius 2 is 1.91 bits per heavy atom. The standard InChI is InChI=1S/C9H15NO/c1-6-5-8(7(2)11-6)9(3,4)10/h5H,10H2,1-4H3. The Kier molecular flexibility index (Phi) is 1.80. The van der Waals surface area contributed by atoms with Gasteiger partial charge in [0, 0.05) is 11.1 Å². The second kappa shape index (κ2) is 2.38. The van der Waals surface area contributed by atoms with E-state index in [-0.39, 0.29) is 5.54 Å². The first-order valence-electron chi connectivity index (χ1n) is 3.77. The Labute approximate surface area is 67.4 Å². The van der Waals surface area contributed by atoms with Gasteiger partial charge in [-0.2, -0.15) is 0 Å². The highest BCUT2D eigenvalue weighted by molar-refractivity contribution is 5.26. The van der Waals surface area contributed by atoms with E-state index >= 15 is 0 Å². The molecule has 0 aliphatic carbocycles. The van der Waals surface area contributed by atoms with Gasteiger partial charge in [-0.25, -0.2) is 0 Å². The third-order valence-corrected chi connectivity index (χ3v) is 1.74. The Morgan fingerprint density at radius 1 is 1.36 bits per heavy atom. The summed E-state index contributed by atoms with van der Waals surface area (Å²) in [6.45, 7) is 7.83. The molecule has 1 heterocycles. The molecule has 0 amide bonds. The van der Waals surface area contributed by atoms with Crippen LogP contribution in [-0.2, 0) is 5.54 Å². The van der Waals surface area contributed by atoms with Gasteiger partial charge in [-0.15, -0.1) is 0 Å². The molecule has 0 aliphatic heterocycles. The molecule has 0 saturated carbocycles. The normalized spacial score (nSPS) is 12.1. The lowest BCUT2D eigenvalue weighted by Gasteiger charge is -2.16. The van der Waals surface area contributed by atoms with Gasteiger partial charge in [0.15, 0.2) is 0 Å². The molecule has 0 bridgehead atoms. The summed E-state index contributed by atoms with van der Waals surface area (Å²) in [6, 6.07) is 2.00. The Balaban J connectivity index is 3.13. The second-order valence-corrected chi connectivity index (χ2v) is 3.55. The highest BCUT2D eigenvalue weighted by Crippen LogP contribution is 2.23.